The van der Waals surface area contributed by atoms with E-state index >= 15 is 0 Å². The van der Waals surface area contributed by atoms with Crippen LogP contribution in [-0.4, -0.2) is 43.5 Å². The number of aromatic nitrogens is 4. The van der Waals surface area contributed by atoms with Crippen molar-refractivity contribution in [1.82, 2.24) is 19.7 Å². The number of pyridine rings is 1. The summed E-state index contributed by atoms with van der Waals surface area (Å²) in [5, 5.41) is 17.0. The van der Waals surface area contributed by atoms with Gasteiger partial charge in [0.1, 0.15) is 0 Å². The Morgan fingerprint density at radius 3 is 2.72 bits per heavy atom. The lowest BCUT2D eigenvalue weighted by molar-refractivity contribution is -0.153. The standard InChI is InChI=1S/C23H22F2N4O3/c1-11(2)21-19(12-3-6-18(23(30)31)32-10-12)20-17(7-13-9-26-28-22(13)27-20)29(21)14-4-5-15(24)16(25)8-14/h4-5,7-9,11-12,18H,3,6,10H2,1-2H3,(H,30,31)(H,26,27,28)/t12-,18+/m1/s1. The van der Waals surface area contributed by atoms with E-state index in [0.717, 1.165) is 33.7 Å². The van der Waals surface area contributed by atoms with Crippen molar-refractivity contribution in [3.63, 3.8) is 0 Å². The van der Waals surface area contributed by atoms with Crippen LogP contribution in [0.15, 0.2) is 30.5 Å². The van der Waals surface area contributed by atoms with E-state index in [4.69, 9.17) is 9.72 Å². The van der Waals surface area contributed by atoms with E-state index in [1.807, 2.05) is 24.5 Å². The molecule has 4 aromatic rings. The van der Waals surface area contributed by atoms with Crippen molar-refractivity contribution in [1.29, 1.82) is 0 Å². The second-order valence-corrected chi connectivity index (χ2v) is 8.49. The Labute approximate surface area is 182 Å². The maximum Gasteiger partial charge on any atom is 0.332 e. The summed E-state index contributed by atoms with van der Waals surface area (Å²) in [4.78, 5) is 16.1. The van der Waals surface area contributed by atoms with E-state index in [0.29, 0.717) is 24.2 Å². The molecule has 166 valence electrons. The van der Waals surface area contributed by atoms with E-state index in [-0.39, 0.29) is 18.4 Å². The Morgan fingerprint density at radius 2 is 2.06 bits per heavy atom. The fourth-order valence-electron chi connectivity index (χ4n) is 4.66. The molecular weight excluding hydrogens is 418 g/mol. The molecular formula is C23H22F2N4O3. The SMILES string of the molecule is CC(C)c1c([C@@H]2CC[C@@H](C(=O)O)OC2)c2nc3[nH]ncc3cc2n1-c1ccc(F)c(F)c1. The number of aliphatic carboxylic acids is 1. The zero-order valence-corrected chi connectivity index (χ0v) is 17.6. The van der Waals surface area contributed by atoms with Crippen LogP contribution in [0.3, 0.4) is 0 Å². The summed E-state index contributed by atoms with van der Waals surface area (Å²) >= 11 is 0. The first-order valence-corrected chi connectivity index (χ1v) is 10.5. The molecule has 2 atom stereocenters. The molecule has 1 aliphatic heterocycles. The maximum atomic E-state index is 14.2. The molecule has 1 saturated heterocycles. The van der Waals surface area contributed by atoms with Gasteiger partial charge in [-0.05, 0) is 37.0 Å². The lowest BCUT2D eigenvalue weighted by Crippen LogP contribution is -2.31. The highest BCUT2D eigenvalue weighted by atomic mass is 19.2. The number of H-pyrrole nitrogens is 1. The number of carboxylic acid groups (broad SMARTS) is 1. The van der Waals surface area contributed by atoms with Gasteiger partial charge in [0.2, 0.25) is 0 Å². The van der Waals surface area contributed by atoms with Crippen LogP contribution in [-0.2, 0) is 9.53 Å². The van der Waals surface area contributed by atoms with E-state index in [9.17, 15) is 18.7 Å². The Morgan fingerprint density at radius 1 is 1.25 bits per heavy atom. The van der Waals surface area contributed by atoms with E-state index < -0.39 is 23.7 Å². The zero-order chi connectivity index (χ0) is 22.6. The summed E-state index contributed by atoms with van der Waals surface area (Å²) in [7, 11) is 0. The third-order valence-electron chi connectivity index (χ3n) is 6.09. The quantitative estimate of drug-likeness (QED) is 0.482. The summed E-state index contributed by atoms with van der Waals surface area (Å²) in [5.41, 5.74) is 4.45. The lowest BCUT2D eigenvalue weighted by atomic mass is 9.88. The van der Waals surface area contributed by atoms with Gasteiger partial charge < -0.3 is 14.4 Å². The van der Waals surface area contributed by atoms with E-state index in [1.54, 1.807) is 12.3 Å². The molecule has 0 saturated carbocycles. The van der Waals surface area contributed by atoms with Gasteiger partial charge in [0.25, 0.3) is 0 Å². The summed E-state index contributed by atoms with van der Waals surface area (Å²) in [6.45, 7) is 4.31. The number of fused-ring (bicyclic) bond motifs is 2. The van der Waals surface area contributed by atoms with Gasteiger partial charge in [-0.15, -0.1) is 0 Å². The van der Waals surface area contributed by atoms with E-state index in [2.05, 4.69) is 10.2 Å². The molecule has 0 spiro atoms. The second kappa shape index (κ2) is 7.67. The van der Waals surface area contributed by atoms with Crippen LogP contribution in [0.25, 0.3) is 27.8 Å². The summed E-state index contributed by atoms with van der Waals surface area (Å²) in [5.74, 6) is -2.85. The van der Waals surface area contributed by atoms with Crippen LogP contribution in [0.4, 0.5) is 8.78 Å². The first-order valence-electron chi connectivity index (χ1n) is 10.5. The minimum absolute atomic E-state index is 0.0287. The number of nitrogens with zero attached hydrogens (tertiary/aromatic N) is 3. The Bertz CT molecular complexity index is 1340. The molecule has 1 aromatic carbocycles. The van der Waals surface area contributed by atoms with Crippen LogP contribution >= 0.6 is 0 Å². The number of ether oxygens (including phenoxy) is 1. The van der Waals surface area contributed by atoms with Gasteiger partial charge in [0.05, 0.1) is 23.8 Å². The molecule has 0 radical (unpaired) electrons. The van der Waals surface area contributed by atoms with Crippen LogP contribution in [0.1, 0.15) is 49.8 Å². The number of nitrogens with one attached hydrogen (secondary N) is 1. The number of rotatable bonds is 4. The predicted octanol–water partition coefficient (Wildman–Crippen LogP) is 4.65. The molecule has 5 rings (SSSR count). The number of carbonyl (C=O) groups is 1. The van der Waals surface area contributed by atoms with Crippen LogP contribution in [0.5, 0.6) is 0 Å². The number of aromatic amines is 1. The first-order chi connectivity index (χ1) is 15.3. The first kappa shape index (κ1) is 20.6. The van der Waals surface area contributed by atoms with Gasteiger partial charge in [0, 0.05) is 34.3 Å². The minimum atomic E-state index is -0.964. The smallest absolute Gasteiger partial charge is 0.332 e. The largest absolute Gasteiger partial charge is 0.479 e. The van der Waals surface area contributed by atoms with Crippen molar-refractivity contribution >= 4 is 28.0 Å². The topological polar surface area (TPSA) is 93.0 Å². The minimum Gasteiger partial charge on any atom is -0.479 e. The van der Waals surface area contributed by atoms with Gasteiger partial charge in [-0.2, -0.15) is 5.10 Å². The number of hydrogen-bond acceptors (Lipinski definition) is 4. The summed E-state index contributed by atoms with van der Waals surface area (Å²) < 4.78 is 35.4. The van der Waals surface area contributed by atoms with Crippen molar-refractivity contribution in [3.8, 4) is 5.69 Å². The Kier molecular flexibility index (Phi) is 4.93. The summed E-state index contributed by atoms with van der Waals surface area (Å²) in [6, 6.07) is 5.78. The highest BCUT2D eigenvalue weighted by molar-refractivity contribution is 5.93. The molecule has 9 heteroatoms. The predicted molar refractivity (Wildman–Crippen MR) is 114 cm³/mol. The van der Waals surface area contributed by atoms with Crippen molar-refractivity contribution in [3.05, 3.63) is 53.4 Å². The number of halogens is 2. The van der Waals surface area contributed by atoms with Gasteiger partial charge in [-0.1, -0.05) is 13.8 Å². The molecule has 4 heterocycles. The highest BCUT2D eigenvalue weighted by Gasteiger charge is 2.33. The van der Waals surface area contributed by atoms with Crippen LogP contribution in [0.2, 0.25) is 0 Å². The highest BCUT2D eigenvalue weighted by Crippen LogP contribution is 2.41. The molecule has 2 N–H and O–H groups in total. The average Bonchev–Trinajstić information content (AvgIpc) is 3.36. The van der Waals surface area contributed by atoms with Crippen molar-refractivity contribution in [2.75, 3.05) is 6.61 Å². The fourth-order valence-corrected chi connectivity index (χ4v) is 4.66. The van der Waals surface area contributed by atoms with Gasteiger partial charge in [-0.25, -0.2) is 18.6 Å². The Balaban J connectivity index is 1.78. The molecule has 0 bridgehead atoms. The molecule has 0 aliphatic carbocycles. The van der Waals surface area contributed by atoms with Gasteiger partial charge >= 0.3 is 5.97 Å². The average molecular weight is 440 g/mol. The zero-order valence-electron chi connectivity index (χ0n) is 17.6. The molecule has 0 amide bonds. The number of benzene rings is 1. The molecule has 3 aromatic heterocycles. The van der Waals surface area contributed by atoms with E-state index in [1.165, 1.54) is 6.07 Å². The number of hydrogen-bond donors (Lipinski definition) is 2. The monoisotopic (exact) mass is 440 g/mol. The molecule has 1 aliphatic rings. The number of carboxylic acids is 1. The van der Waals surface area contributed by atoms with Crippen LogP contribution < -0.4 is 0 Å². The van der Waals surface area contributed by atoms with Crippen molar-refractivity contribution in [2.24, 2.45) is 0 Å². The van der Waals surface area contributed by atoms with Crippen LogP contribution in [0, 0.1) is 11.6 Å². The Hall–Kier alpha value is -3.33. The third kappa shape index (κ3) is 3.24. The van der Waals surface area contributed by atoms with Crippen molar-refractivity contribution < 1.29 is 23.4 Å². The molecule has 0 unspecified atom stereocenters. The molecule has 32 heavy (non-hydrogen) atoms. The fraction of sp³-hybridized carbons (Fsp3) is 0.348. The summed E-state index contributed by atoms with van der Waals surface area (Å²) in [6.07, 6.45) is 1.86. The lowest BCUT2D eigenvalue weighted by Gasteiger charge is -2.28. The molecule has 1 fully saturated rings. The van der Waals surface area contributed by atoms with Crippen molar-refractivity contribution in [2.45, 2.75) is 44.6 Å². The molecule has 7 nitrogen and oxygen atoms in total. The second-order valence-electron chi connectivity index (χ2n) is 8.49. The normalized spacial score (nSPS) is 19.3. The van der Waals surface area contributed by atoms with Gasteiger partial charge in [-0.3, -0.25) is 5.10 Å². The third-order valence-corrected chi connectivity index (χ3v) is 6.09. The maximum absolute atomic E-state index is 14.2. The van der Waals surface area contributed by atoms with Gasteiger partial charge in [0.15, 0.2) is 23.4 Å².